The van der Waals surface area contributed by atoms with Crippen LogP contribution in [0, 0.1) is 0 Å². The number of hydrogen-bond acceptors (Lipinski definition) is 3. The van der Waals surface area contributed by atoms with E-state index in [0.29, 0.717) is 18.1 Å². The highest BCUT2D eigenvalue weighted by molar-refractivity contribution is 6.30. The van der Waals surface area contributed by atoms with Crippen LogP contribution in [-0.4, -0.2) is 51.7 Å². The summed E-state index contributed by atoms with van der Waals surface area (Å²) in [6.45, 7) is 5.94. The van der Waals surface area contributed by atoms with Crippen molar-refractivity contribution in [3.8, 4) is 5.69 Å². The van der Waals surface area contributed by atoms with Gasteiger partial charge in [-0.15, -0.1) is 0 Å². The molecule has 1 aliphatic heterocycles. The van der Waals surface area contributed by atoms with E-state index >= 15 is 0 Å². The first-order chi connectivity index (χ1) is 11.7. The number of hydrogen-bond donors (Lipinski definition) is 0. The average molecular weight is 347 g/mol. The van der Waals surface area contributed by atoms with Gasteiger partial charge in [0, 0.05) is 37.4 Å². The van der Waals surface area contributed by atoms with Gasteiger partial charge >= 0.3 is 0 Å². The lowest BCUT2D eigenvalue weighted by molar-refractivity contribution is -0.131. The average Bonchev–Trinajstić information content (AvgIpc) is 2.95. The van der Waals surface area contributed by atoms with Gasteiger partial charge in [-0.25, -0.2) is 4.68 Å². The third-order valence-electron chi connectivity index (χ3n) is 4.23. The van der Waals surface area contributed by atoms with E-state index in [-0.39, 0.29) is 5.91 Å². The Morgan fingerprint density at radius 2 is 1.96 bits per heavy atom. The summed E-state index contributed by atoms with van der Waals surface area (Å²) >= 11 is 5.92. The number of carbonyl (C=O) groups excluding carboxylic acids is 1. The topological polar surface area (TPSA) is 41.4 Å². The molecule has 1 aromatic carbocycles. The monoisotopic (exact) mass is 346 g/mol. The molecule has 2 aromatic rings. The van der Waals surface area contributed by atoms with Gasteiger partial charge in [0.15, 0.2) is 0 Å². The normalized spacial score (nSPS) is 16.4. The van der Waals surface area contributed by atoms with Gasteiger partial charge < -0.3 is 4.90 Å². The Kier molecular flexibility index (Phi) is 5.53. The largest absolute Gasteiger partial charge is 0.342 e. The summed E-state index contributed by atoms with van der Waals surface area (Å²) in [5.74, 6) is 0.228. The number of carbonyl (C=O) groups is 1. The molecule has 1 aromatic heterocycles. The van der Waals surface area contributed by atoms with Gasteiger partial charge in [0.05, 0.1) is 17.9 Å². The van der Waals surface area contributed by atoms with Crippen molar-refractivity contribution in [3.05, 3.63) is 47.2 Å². The van der Waals surface area contributed by atoms with E-state index in [1.54, 1.807) is 0 Å². The van der Waals surface area contributed by atoms with Crippen LogP contribution in [0.25, 0.3) is 5.69 Å². The molecule has 2 heterocycles. The van der Waals surface area contributed by atoms with Crippen molar-refractivity contribution in [2.75, 3.05) is 26.2 Å². The minimum absolute atomic E-state index is 0.228. The van der Waals surface area contributed by atoms with Crippen molar-refractivity contribution < 1.29 is 4.79 Å². The number of aromatic nitrogens is 2. The van der Waals surface area contributed by atoms with Crippen molar-refractivity contribution in [1.82, 2.24) is 19.6 Å². The predicted octanol–water partition coefficient (Wildman–Crippen LogP) is 2.97. The van der Waals surface area contributed by atoms with Crippen LogP contribution in [0.4, 0.5) is 0 Å². The zero-order chi connectivity index (χ0) is 16.9. The zero-order valence-electron chi connectivity index (χ0n) is 14.0. The molecule has 1 fully saturated rings. The Bertz CT molecular complexity index is 683. The summed E-state index contributed by atoms with van der Waals surface area (Å²) in [5, 5.41) is 5.34. The summed E-state index contributed by atoms with van der Waals surface area (Å²) < 4.78 is 1.84. The fourth-order valence-electron chi connectivity index (χ4n) is 3.03. The second-order valence-corrected chi connectivity index (χ2v) is 6.61. The molecule has 6 heteroatoms. The highest BCUT2D eigenvalue weighted by atomic mass is 35.5. The first-order valence-corrected chi connectivity index (χ1v) is 8.84. The number of nitrogens with zero attached hydrogens (tertiary/aromatic N) is 4. The van der Waals surface area contributed by atoms with E-state index in [0.717, 1.165) is 43.9 Å². The molecule has 0 spiro atoms. The molecule has 3 rings (SSSR count). The molecular weight excluding hydrogens is 324 g/mol. The molecule has 0 unspecified atom stereocenters. The smallest absolute Gasteiger partial charge is 0.236 e. The van der Waals surface area contributed by atoms with E-state index in [1.807, 2.05) is 46.1 Å². The molecule has 1 saturated heterocycles. The Morgan fingerprint density at radius 3 is 2.71 bits per heavy atom. The maximum absolute atomic E-state index is 12.3. The third-order valence-corrected chi connectivity index (χ3v) is 4.48. The SMILES string of the molecule is CCCN1CCCN(Cc2ccn(-c3ccc(Cl)cc3)n2)CC1=O. The standard InChI is InChI=1S/C18H23ClN4O/c1-2-9-22-11-3-10-21(14-18(22)24)13-16-8-12-23(20-16)17-6-4-15(19)5-7-17/h4-8,12H,2-3,9-11,13-14H2,1H3. The molecular formula is C18H23ClN4O. The van der Waals surface area contributed by atoms with Crippen LogP contribution in [0.15, 0.2) is 36.5 Å². The maximum Gasteiger partial charge on any atom is 0.236 e. The van der Waals surface area contributed by atoms with E-state index in [9.17, 15) is 4.79 Å². The van der Waals surface area contributed by atoms with Crippen molar-refractivity contribution >= 4 is 17.5 Å². The first kappa shape index (κ1) is 17.0. The van der Waals surface area contributed by atoms with Gasteiger partial charge in [0.25, 0.3) is 0 Å². The molecule has 0 saturated carbocycles. The fourth-order valence-corrected chi connectivity index (χ4v) is 3.16. The summed E-state index contributed by atoms with van der Waals surface area (Å²) in [6.07, 6.45) is 3.97. The number of halogens is 1. The van der Waals surface area contributed by atoms with Crippen molar-refractivity contribution in [2.45, 2.75) is 26.3 Å². The van der Waals surface area contributed by atoms with Crippen molar-refractivity contribution in [1.29, 1.82) is 0 Å². The predicted molar refractivity (Wildman–Crippen MR) is 95.3 cm³/mol. The molecule has 0 aliphatic carbocycles. The van der Waals surface area contributed by atoms with Gasteiger partial charge in [-0.2, -0.15) is 5.10 Å². The van der Waals surface area contributed by atoms with Gasteiger partial charge in [-0.1, -0.05) is 18.5 Å². The van der Waals surface area contributed by atoms with Crippen LogP contribution >= 0.6 is 11.6 Å². The molecule has 5 nitrogen and oxygen atoms in total. The van der Waals surface area contributed by atoms with Gasteiger partial charge in [-0.3, -0.25) is 9.69 Å². The quantitative estimate of drug-likeness (QED) is 0.835. The highest BCUT2D eigenvalue weighted by Crippen LogP contribution is 2.14. The van der Waals surface area contributed by atoms with Crippen LogP contribution in [0.3, 0.4) is 0 Å². The Morgan fingerprint density at radius 1 is 1.17 bits per heavy atom. The number of rotatable bonds is 5. The third kappa shape index (κ3) is 4.16. The van der Waals surface area contributed by atoms with E-state index < -0.39 is 0 Å². The van der Waals surface area contributed by atoms with Crippen molar-refractivity contribution in [2.24, 2.45) is 0 Å². The van der Waals surface area contributed by atoms with Gasteiger partial charge in [-0.05, 0) is 43.2 Å². The lowest BCUT2D eigenvalue weighted by Gasteiger charge is -2.20. The maximum atomic E-state index is 12.3. The van der Waals surface area contributed by atoms with Crippen LogP contribution in [0.1, 0.15) is 25.5 Å². The Labute approximate surface area is 147 Å². The van der Waals surface area contributed by atoms with Crippen LogP contribution < -0.4 is 0 Å². The molecule has 0 radical (unpaired) electrons. The summed E-state index contributed by atoms with van der Waals surface area (Å²) in [7, 11) is 0. The first-order valence-electron chi connectivity index (χ1n) is 8.46. The molecule has 0 N–H and O–H groups in total. The minimum Gasteiger partial charge on any atom is -0.342 e. The van der Waals surface area contributed by atoms with Crippen LogP contribution in [0.2, 0.25) is 5.02 Å². The van der Waals surface area contributed by atoms with Crippen LogP contribution in [-0.2, 0) is 11.3 Å². The molecule has 128 valence electrons. The number of amides is 1. The van der Waals surface area contributed by atoms with E-state index in [4.69, 9.17) is 11.6 Å². The molecule has 1 aliphatic rings. The van der Waals surface area contributed by atoms with Gasteiger partial charge in [0.1, 0.15) is 0 Å². The Hall–Kier alpha value is -1.85. The Balaban J connectivity index is 1.64. The fraction of sp³-hybridized carbons (Fsp3) is 0.444. The van der Waals surface area contributed by atoms with Crippen LogP contribution in [0.5, 0.6) is 0 Å². The lowest BCUT2D eigenvalue weighted by atomic mass is 10.3. The van der Waals surface area contributed by atoms with E-state index in [2.05, 4.69) is 16.9 Å². The van der Waals surface area contributed by atoms with Crippen molar-refractivity contribution in [3.63, 3.8) is 0 Å². The zero-order valence-corrected chi connectivity index (χ0v) is 14.7. The van der Waals surface area contributed by atoms with Gasteiger partial charge in [0.2, 0.25) is 5.91 Å². The minimum atomic E-state index is 0.228. The summed E-state index contributed by atoms with van der Waals surface area (Å²) in [4.78, 5) is 16.5. The lowest BCUT2D eigenvalue weighted by Crippen LogP contribution is -2.36. The summed E-state index contributed by atoms with van der Waals surface area (Å²) in [6, 6.07) is 9.60. The number of benzene rings is 1. The van der Waals surface area contributed by atoms with E-state index in [1.165, 1.54) is 0 Å². The molecule has 0 atom stereocenters. The summed E-state index contributed by atoms with van der Waals surface area (Å²) in [5.41, 5.74) is 1.95. The highest BCUT2D eigenvalue weighted by Gasteiger charge is 2.21. The second kappa shape index (κ2) is 7.81. The molecule has 1 amide bonds. The second-order valence-electron chi connectivity index (χ2n) is 6.17. The molecule has 24 heavy (non-hydrogen) atoms. The molecule has 0 bridgehead atoms.